The van der Waals surface area contributed by atoms with E-state index in [1.165, 1.54) is 10.5 Å². The third-order valence-corrected chi connectivity index (χ3v) is 3.62. The second kappa shape index (κ2) is 11.1. The van der Waals surface area contributed by atoms with Crippen molar-refractivity contribution in [2.24, 2.45) is 5.92 Å². The second-order valence-electron chi connectivity index (χ2n) is 5.13. The minimum absolute atomic E-state index is 0.613. The van der Waals surface area contributed by atoms with E-state index in [0.717, 1.165) is 38.7 Å². The molecule has 0 fully saturated rings. The van der Waals surface area contributed by atoms with E-state index in [-0.39, 0.29) is 0 Å². The standard InChI is InChI=1S/C16H27NO2S/c1-14(2)13-19-9-10-20-16-6-4-5-15(11-16)12-17-7-8-18-3/h4-6,11,14,17H,7-10,12-13H2,1-3H3. The summed E-state index contributed by atoms with van der Waals surface area (Å²) in [6, 6.07) is 8.67. The topological polar surface area (TPSA) is 30.5 Å². The maximum atomic E-state index is 5.59. The number of hydrogen-bond acceptors (Lipinski definition) is 4. The summed E-state index contributed by atoms with van der Waals surface area (Å²) in [7, 11) is 1.72. The molecule has 0 spiro atoms. The molecular formula is C16H27NO2S. The molecule has 0 aliphatic heterocycles. The van der Waals surface area contributed by atoms with Crippen LogP contribution in [0.3, 0.4) is 0 Å². The van der Waals surface area contributed by atoms with Crippen molar-refractivity contribution in [3.8, 4) is 0 Å². The molecule has 114 valence electrons. The monoisotopic (exact) mass is 297 g/mol. The van der Waals surface area contributed by atoms with Gasteiger partial charge in [0.1, 0.15) is 0 Å². The van der Waals surface area contributed by atoms with Crippen molar-refractivity contribution in [1.82, 2.24) is 5.32 Å². The van der Waals surface area contributed by atoms with Crippen LogP contribution in [0.2, 0.25) is 0 Å². The van der Waals surface area contributed by atoms with Crippen molar-refractivity contribution in [3.05, 3.63) is 29.8 Å². The molecule has 1 aromatic carbocycles. The highest BCUT2D eigenvalue weighted by molar-refractivity contribution is 7.99. The van der Waals surface area contributed by atoms with E-state index in [2.05, 4.69) is 43.4 Å². The van der Waals surface area contributed by atoms with E-state index in [1.807, 2.05) is 11.8 Å². The zero-order valence-corrected chi connectivity index (χ0v) is 13.7. The van der Waals surface area contributed by atoms with E-state index in [1.54, 1.807) is 7.11 Å². The summed E-state index contributed by atoms with van der Waals surface area (Å²) in [6.45, 7) is 8.55. The molecule has 0 aliphatic carbocycles. The molecule has 0 saturated carbocycles. The van der Waals surface area contributed by atoms with Gasteiger partial charge in [0.25, 0.3) is 0 Å². The Kier molecular flexibility index (Phi) is 9.75. The largest absolute Gasteiger partial charge is 0.383 e. The smallest absolute Gasteiger partial charge is 0.0587 e. The first-order chi connectivity index (χ1) is 9.72. The Morgan fingerprint density at radius 3 is 2.85 bits per heavy atom. The Labute approximate surface area is 127 Å². The fourth-order valence-corrected chi connectivity index (χ4v) is 2.54. The first-order valence-electron chi connectivity index (χ1n) is 7.21. The van der Waals surface area contributed by atoms with Crippen molar-refractivity contribution >= 4 is 11.8 Å². The lowest BCUT2D eigenvalue weighted by atomic mass is 10.2. The molecule has 0 aliphatic rings. The van der Waals surface area contributed by atoms with Gasteiger partial charge in [-0.15, -0.1) is 11.8 Å². The Balaban J connectivity index is 2.21. The maximum absolute atomic E-state index is 5.59. The van der Waals surface area contributed by atoms with Crippen LogP contribution in [0, 0.1) is 5.92 Å². The van der Waals surface area contributed by atoms with Gasteiger partial charge in [0.15, 0.2) is 0 Å². The molecule has 0 amide bonds. The summed E-state index contributed by atoms with van der Waals surface area (Å²) in [4.78, 5) is 1.31. The van der Waals surface area contributed by atoms with Gasteiger partial charge in [0.05, 0.1) is 13.2 Å². The van der Waals surface area contributed by atoms with Gasteiger partial charge in [-0.2, -0.15) is 0 Å². The van der Waals surface area contributed by atoms with Crippen LogP contribution in [0.4, 0.5) is 0 Å². The SMILES string of the molecule is COCCNCc1cccc(SCCOCC(C)C)c1. The number of hydrogen-bond donors (Lipinski definition) is 1. The van der Waals surface area contributed by atoms with Crippen molar-refractivity contribution in [1.29, 1.82) is 0 Å². The van der Waals surface area contributed by atoms with Crippen molar-refractivity contribution in [3.63, 3.8) is 0 Å². The summed E-state index contributed by atoms with van der Waals surface area (Å²) >= 11 is 1.85. The number of nitrogens with one attached hydrogen (secondary N) is 1. The van der Waals surface area contributed by atoms with Crippen LogP contribution in [-0.2, 0) is 16.0 Å². The first-order valence-corrected chi connectivity index (χ1v) is 8.20. The molecule has 1 N–H and O–H groups in total. The minimum atomic E-state index is 0.613. The predicted molar refractivity (Wildman–Crippen MR) is 86.4 cm³/mol. The van der Waals surface area contributed by atoms with Crippen LogP contribution in [0.5, 0.6) is 0 Å². The van der Waals surface area contributed by atoms with Gasteiger partial charge in [-0.3, -0.25) is 0 Å². The molecule has 0 heterocycles. The van der Waals surface area contributed by atoms with Crippen LogP contribution in [0.25, 0.3) is 0 Å². The predicted octanol–water partition coefficient (Wildman–Crippen LogP) is 3.19. The van der Waals surface area contributed by atoms with Crippen molar-refractivity contribution in [2.45, 2.75) is 25.3 Å². The lowest BCUT2D eigenvalue weighted by Crippen LogP contribution is -2.18. The van der Waals surface area contributed by atoms with Gasteiger partial charge >= 0.3 is 0 Å². The highest BCUT2D eigenvalue weighted by atomic mass is 32.2. The Morgan fingerprint density at radius 2 is 2.10 bits per heavy atom. The quantitative estimate of drug-likeness (QED) is 0.502. The summed E-state index contributed by atoms with van der Waals surface area (Å²) in [5.41, 5.74) is 1.31. The van der Waals surface area contributed by atoms with Crippen molar-refractivity contribution < 1.29 is 9.47 Å². The van der Waals surface area contributed by atoms with E-state index in [9.17, 15) is 0 Å². The molecule has 0 saturated heterocycles. The number of benzene rings is 1. The number of methoxy groups -OCH3 is 1. The van der Waals surface area contributed by atoms with E-state index < -0.39 is 0 Å². The highest BCUT2D eigenvalue weighted by Gasteiger charge is 1.98. The van der Waals surface area contributed by atoms with Crippen molar-refractivity contribution in [2.75, 3.05) is 39.2 Å². The molecule has 4 heteroatoms. The normalized spacial score (nSPS) is 11.2. The number of rotatable bonds is 11. The van der Waals surface area contributed by atoms with Gasteiger partial charge in [0, 0.05) is 37.5 Å². The fraction of sp³-hybridized carbons (Fsp3) is 0.625. The van der Waals surface area contributed by atoms with Crippen LogP contribution in [0.1, 0.15) is 19.4 Å². The second-order valence-corrected chi connectivity index (χ2v) is 6.30. The Hall–Kier alpha value is -0.550. The lowest BCUT2D eigenvalue weighted by molar-refractivity contribution is 0.124. The summed E-state index contributed by atoms with van der Waals surface area (Å²) in [5.74, 6) is 1.62. The molecular weight excluding hydrogens is 270 g/mol. The zero-order valence-electron chi connectivity index (χ0n) is 12.9. The molecule has 1 aromatic rings. The zero-order chi connectivity index (χ0) is 14.6. The molecule has 3 nitrogen and oxygen atoms in total. The van der Waals surface area contributed by atoms with E-state index in [4.69, 9.17) is 9.47 Å². The number of ether oxygens (including phenoxy) is 2. The molecule has 1 rings (SSSR count). The van der Waals surface area contributed by atoms with Gasteiger partial charge in [-0.05, 0) is 23.6 Å². The average Bonchev–Trinajstić information content (AvgIpc) is 2.43. The van der Waals surface area contributed by atoms with Gasteiger partial charge < -0.3 is 14.8 Å². The average molecular weight is 297 g/mol. The van der Waals surface area contributed by atoms with Crippen LogP contribution in [0.15, 0.2) is 29.2 Å². The molecule has 0 bridgehead atoms. The first kappa shape index (κ1) is 17.5. The van der Waals surface area contributed by atoms with Gasteiger partial charge in [-0.1, -0.05) is 26.0 Å². The van der Waals surface area contributed by atoms with Crippen LogP contribution < -0.4 is 5.32 Å². The Bertz CT molecular complexity index is 358. The van der Waals surface area contributed by atoms with Gasteiger partial charge in [-0.25, -0.2) is 0 Å². The number of thioether (sulfide) groups is 1. The lowest BCUT2D eigenvalue weighted by Gasteiger charge is -2.08. The maximum Gasteiger partial charge on any atom is 0.0587 e. The van der Waals surface area contributed by atoms with Crippen LogP contribution >= 0.6 is 11.8 Å². The van der Waals surface area contributed by atoms with E-state index in [0.29, 0.717) is 5.92 Å². The molecule has 0 radical (unpaired) electrons. The van der Waals surface area contributed by atoms with E-state index >= 15 is 0 Å². The summed E-state index contributed by atoms with van der Waals surface area (Å²) in [6.07, 6.45) is 0. The fourth-order valence-electron chi connectivity index (χ4n) is 1.69. The molecule has 0 aromatic heterocycles. The third-order valence-electron chi connectivity index (χ3n) is 2.66. The summed E-state index contributed by atoms with van der Waals surface area (Å²) < 4.78 is 10.6. The molecule has 20 heavy (non-hydrogen) atoms. The molecule has 0 atom stereocenters. The van der Waals surface area contributed by atoms with Crippen LogP contribution in [-0.4, -0.2) is 39.2 Å². The minimum Gasteiger partial charge on any atom is -0.383 e. The Morgan fingerprint density at radius 1 is 1.25 bits per heavy atom. The third kappa shape index (κ3) is 8.59. The summed E-state index contributed by atoms with van der Waals surface area (Å²) in [5, 5.41) is 3.36. The van der Waals surface area contributed by atoms with Gasteiger partial charge in [0.2, 0.25) is 0 Å². The highest BCUT2D eigenvalue weighted by Crippen LogP contribution is 2.19. The molecule has 0 unspecified atom stereocenters.